The molecule has 110 valence electrons. The number of hydrogen-bond donors (Lipinski definition) is 2. The van der Waals surface area contributed by atoms with Crippen molar-refractivity contribution < 1.29 is 18.3 Å². The van der Waals surface area contributed by atoms with Crippen molar-refractivity contribution in [1.82, 2.24) is 14.6 Å². The lowest BCUT2D eigenvalue weighted by Gasteiger charge is -2.13. The molecule has 0 spiro atoms. The van der Waals surface area contributed by atoms with Gasteiger partial charge < -0.3 is 10.4 Å². The van der Waals surface area contributed by atoms with Gasteiger partial charge in [0.1, 0.15) is 5.75 Å². The first kappa shape index (κ1) is 14.7. The van der Waals surface area contributed by atoms with Crippen LogP contribution in [0.4, 0.5) is 0 Å². The topological polar surface area (TPSA) is 99.6 Å². The number of aromatic nitrogens is 1. The Morgan fingerprint density at radius 2 is 2.35 bits per heavy atom. The molecule has 8 heteroatoms. The maximum Gasteiger partial charge on any atom is 0.273 e. The number of rotatable bonds is 4. The standard InChI is InChI=1S/C12H17N3O4S/c1-20(18,19)15-6-4-9(8-15)7-14-12(17)11-10(16)3-2-5-13-11/h2-3,5,9,16H,4,6-8H2,1H3,(H,14,17). The molecule has 1 aliphatic heterocycles. The molecule has 1 aromatic rings. The maximum atomic E-state index is 11.8. The molecule has 2 heterocycles. The summed E-state index contributed by atoms with van der Waals surface area (Å²) in [6.45, 7) is 1.25. The van der Waals surface area contributed by atoms with Gasteiger partial charge in [0.05, 0.1) is 6.26 Å². The molecule has 1 aliphatic rings. The van der Waals surface area contributed by atoms with Gasteiger partial charge in [-0.25, -0.2) is 17.7 Å². The number of hydrogen-bond acceptors (Lipinski definition) is 5. The SMILES string of the molecule is CS(=O)(=O)N1CCC(CNC(=O)c2ncccc2O)C1. The summed E-state index contributed by atoms with van der Waals surface area (Å²) in [6.07, 6.45) is 3.32. The number of carbonyl (C=O) groups is 1. The Labute approximate surface area is 117 Å². The predicted octanol–water partition coefficient (Wildman–Crippen LogP) is -0.201. The molecule has 1 unspecified atom stereocenters. The van der Waals surface area contributed by atoms with Crippen molar-refractivity contribution in [1.29, 1.82) is 0 Å². The maximum absolute atomic E-state index is 11.8. The molecule has 7 nitrogen and oxygen atoms in total. The minimum Gasteiger partial charge on any atom is -0.505 e. The summed E-state index contributed by atoms with van der Waals surface area (Å²) in [5.41, 5.74) is -0.0227. The fraction of sp³-hybridized carbons (Fsp3) is 0.500. The van der Waals surface area contributed by atoms with E-state index in [0.717, 1.165) is 0 Å². The number of carbonyl (C=O) groups excluding carboxylic acids is 1. The van der Waals surface area contributed by atoms with Crippen LogP contribution in [0.1, 0.15) is 16.9 Å². The second-order valence-corrected chi connectivity index (χ2v) is 6.84. The van der Waals surface area contributed by atoms with E-state index in [0.29, 0.717) is 26.1 Å². The molecule has 0 aliphatic carbocycles. The van der Waals surface area contributed by atoms with Crippen LogP contribution in [0.2, 0.25) is 0 Å². The summed E-state index contributed by atoms with van der Waals surface area (Å²) < 4.78 is 24.2. The molecule has 1 saturated heterocycles. The molecule has 0 radical (unpaired) electrons. The Balaban J connectivity index is 1.88. The number of amides is 1. The lowest BCUT2D eigenvalue weighted by Crippen LogP contribution is -2.32. The van der Waals surface area contributed by atoms with Crippen molar-refractivity contribution in [3.8, 4) is 5.75 Å². The van der Waals surface area contributed by atoms with Gasteiger partial charge in [0.15, 0.2) is 5.69 Å². The molecule has 0 aromatic carbocycles. The Kier molecular flexibility index (Phi) is 4.24. The van der Waals surface area contributed by atoms with Crippen LogP contribution < -0.4 is 5.32 Å². The minimum absolute atomic E-state index is 0.0227. The van der Waals surface area contributed by atoms with Crippen molar-refractivity contribution in [3.63, 3.8) is 0 Å². The van der Waals surface area contributed by atoms with E-state index in [1.165, 1.54) is 28.9 Å². The lowest BCUT2D eigenvalue weighted by molar-refractivity contribution is 0.0940. The first-order valence-corrected chi connectivity index (χ1v) is 8.10. The molecule has 1 aromatic heterocycles. The average Bonchev–Trinajstić information content (AvgIpc) is 2.85. The van der Waals surface area contributed by atoms with Crippen LogP contribution in [0.25, 0.3) is 0 Å². The van der Waals surface area contributed by atoms with Crippen LogP contribution in [0, 0.1) is 5.92 Å². The zero-order chi connectivity index (χ0) is 14.8. The van der Waals surface area contributed by atoms with Gasteiger partial charge in [-0.1, -0.05) is 0 Å². The van der Waals surface area contributed by atoms with Gasteiger partial charge in [0.2, 0.25) is 10.0 Å². The summed E-state index contributed by atoms with van der Waals surface area (Å²) in [7, 11) is -3.16. The van der Waals surface area contributed by atoms with E-state index in [1.807, 2.05) is 0 Å². The molecule has 1 fully saturated rings. The van der Waals surface area contributed by atoms with Crippen molar-refractivity contribution in [3.05, 3.63) is 24.0 Å². The lowest BCUT2D eigenvalue weighted by atomic mass is 10.1. The largest absolute Gasteiger partial charge is 0.505 e. The molecule has 0 saturated carbocycles. The molecular formula is C12H17N3O4S. The first-order chi connectivity index (χ1) is 9.38. The fourth-order valence-electron chi connectivity index (χ4n) is 2.16. The Bertz CT molecular complexity index is 602. The highest BCUT2D eigenvalue weighted by Gasteiger charge is 2.28. The zero-order valence-corrected chi connectivity index (χ0v) is 11.9. The highest BCUT2D eigenvalue weighted by Crippen LogP contribution is 2.18. The third kappa shape index (κ3) is 3.45. The van der Waals surface area contributed by atoms with Crippen LogP contribution >= 0.6 is 0 Å². The number of nitrogens with zero attached hydrogens (tertiary/aromatic N) is 2. The van der Waals surface area contributed by atoms with Crippen LogP contribution in [-0.2, 0) is 10.0 Å². The summed E-state index contributed by atoms with van der Waals surface area (Å²) in [5.74, 6) is -0.547. The third-order valence-corrected chi connectivity index (χ3v) is 4.54. The molecular weight excluding hydrogens is 282 g/mol. The number of pyridine rings is 1. The first-order valence-electron chi connectivity index (χ1n) is 6.25. The minimum atomic E-state index is -3.16. The number of nitrogens with one attached hydrogen (secondary N) is 1. The van der Waals surface area contributed by atoms with Crippen molar-refractivity contribution in [2.45, 2.75) is 6.42 Å². The molecule has 1 amide bonds. The van der Waals surface area contributed by atoms with Crippen LogP contribution in [0.3, 0.4) is 0 Å². The summed E-state index contributed by atoms with van der Waals surface area (Å²) in [6, 6.07) is 2.93. The quantitative estimate of drug-likeness (QED) is 0.802. The average molecular weight is 299 g/mol. The van der Waals surface area contributed by atoms with Crippen molar-refractivity contribution >= 4 is 15.9 Å². The summed E-state index contributed by atoms with van der Waals surface area (Å²) in [5, 5.41) is 12.2. The van der Waals surface area contributed by atoms with Crippen LogP contribution in [0.15, 0.2) is 18.3 Å². The van der Waals surface area contributed by atoms with Crippen molar-refractivity contribution in [2.75, 3.05) is 25.9 Å². The fourth-order valence-corrected chi connectivity index (χ4v) is 3.08. The van der Waals surface area contributed by atoms with Gasteiger partial charge >= 0.3 is 0 Å². The van der Waals surface area contributed by atoms with Gasteiger partial charge in [-0.3, -0.25) is 4.79 Å². The predicted molar refractivity (Wildman–Crippen MR) is 72.8 cm³/mol. The normalized spacial score (nSPS) is 19.9. The van der Waals surface area contributed by atoms with Gasteiger partial charge in [-0.2, -0.15) is 0 Å². The molecule has 2 N–H and O–H groups in total. The molecule has 1 atom stereocenters. The summed E-state index contributed by atoms with van der Waals surface area (Å²) >= 11 is 0. The van der Waals surface area contributed by atoms with E-state index < -0.39 is 15.9 Å². The number of sulfonamides is 1. The molecule has 20 heavy (non-hydrogen) atoms. The van der Waals surface area contributed by atoms with Crippen LogP contribution in [0.5, 0.6) is 5.75 Å². The number of aromatic hydroxyl groups is 1. The van der Waals surface area contributed by atoms with E-state index >= 15 is 0 Å². The Morgan fingerprint density at radius 3 is 2.95 bits per heavy atom. The van der Waals surface area contributed by atoms with E-state index in [2.05, 4.69) is 10.3 Å². The zero-order valence-electron chi connectivity index (χ0n) is 11.1. The third-order valence-electron chi connectivity index (χ3n) is 3.27. The molecule has 2 rings (SSSR count). The molecule has 0 bridgehead atoms. The van der Waals surface area contributed by atoms with E-state index in [9.17, 15) is 18.3 Å². The summed E-state index contributed by atoms with van der Waals surface area (Å²) in [4.78, 5) is 15.6. The smallest absolute Gasteiger partial charge is 0.273 e. The highest BCUT2D eigenvalue weighted by molar-refractivity contribution is 7.88. The van der Waals surface area contributed by atoms with E-state index in [1.54, 1.807) is 0 Å². The highest BCUT2D eigenvalue weighted by atomic mass is 32.2. The van der Waals surface area contributed by atoms with Gasteiger partial charge in [-0.05, 0) is 24.5 Å². The van der Waals surface area contributed by atoms with Crippen molar-refractivity contribution in [2.24, 2.45) is 5.92 Å². The van der Waals surface area contributed by atoms with Gasteiger partial charge in [-0.15, -0.1) is 0 Å². The van der Waals surface area contributed by atoms with E-state index in [4.69, 9.17) is 0 Å². The van der Waals surface area contributed by atoms with Gasteiger partial charge in [0, 0.05) is 25.8 Å². The van der Waals surface area contributed by atoms with Crippen LogP contribution in [-0.4, -0.2) is 54.6 Å². The Morgan fingerprint density at radius 1 is 1.60 bits per heavy atom. The van der Waals surface area contributed by atoms with E-state index in [-0.39, 0.29) is 17.4 Å². The van der Waals surface area contributed by atoms with Gasteiger partial charge in [0.25, 0.3) is 5.91 Å². The monoisotopic (exact) mass is 299 g/mol. The second kappa shape index (κ2) is 5.76. The Hall–Kier alpha value is -1.67. The second-order valence-electron chi connectivity index (χ2n) is 4.86.